The van der Waals surface area contributed by atoms with Crippen LogP contribution in [0, 0.1) is 0 Å². The topological polar surface area (TPSA) is 88.1 Å². The van der Waals surface area contributed by atoms with Crippen molar-refractivity contribution in [2.24, 2.45) is 0 Å². The van der Waals surface area contributed by atoms with Crippen molar-refractivity contribution >= 4 is 24.0 Å². The normalized spacial score (nSPS) is 16.1. The zero-order valence-corrected chi connectivity index (χ0v) is 13.9. The molecule has 1 fully saturated rings. The average Bonchev–Trinajstić information content (AvgIpc) is 2.50. The Balaban J connectivity index is 2.42. The fraction of sp³-hybridized carbons (Fsp3) is 0.353. The maximum absolute atomic E-state index is 12.0. The fourth-order valence-corrected chi connectivity index (χ4v) is 2.11. The molecule has 0 spiro atoms. The lowest BCUT2D eigenvalue weighted by Crippen LogP contribution is -2.41. The second-order valence-electron chi connectivity index (χ2n) is 5.41. The summed E-state index contributed by atoms with van der Waals surface area (Å²) in [7, 11) is 1.27. The first-order chi connectivity index (χ1) is 11.3. The van der Waals surface area contributed by atoms with Gasteiger partial charge in [0.1, 0.15) is 11.3 Å². The summed E-state index contributed by atoms with van der Waals surface area (Å²) in [5.74, 6) is -3.05. The number of ether oxygens (including phenoxy) is 4. The van der Waals surface area contributed by atoms with Crippen LogP contribution in [0.5, 0.6) is 5.75 Å². The Labute approximate surface area is 139 Å². The fourth-order valence-electron chi connectivity index (χ4n) is 2.11. The van der Waals surface area contributed by atoms with E-state index < -0.39 is 23.7 Å². The van der Waals surface area contributed by atoms with Crippen LogP contribution in [0.4, 0.5) is 0 Å². The Hall–Kier alpha value is -2.83. The maximum Gasteiger partial charge on any atom is 0.348 e. The molecule has 0 saturated carbocycles. The van der Waals surface area contributed by atoms with Crippen LogP contribution in [-0.4, -0.2) is 37.4 Å². The van der Waals surface area contributed by atoms with E-state index in [4.69, 9.17) is 14.2 Å². The van der Waals surface area contributed by atoms with Gasteiger partial charge in [-0.1, -0.05) is 6.07 Å². The van der Waals surface area contributed by atoms with Gasteiger partial charge in [0.2, 0.25) is 0 Å². The predicted molar refractivity (Wildman–Crippen MR) is 83.2 cm³/mol. The molecule has 0 aromatic heterocycles. The SMILES string of the molecule is CCOc1cc(C(=O)OC)ccc1C=C1C(=O)OC(C)(C)OC1=O. The molecule has 0 amide bonds. The summed E-state index contributed by atoms with van der Waals surface area (Å²) in [4.78, 5) is 35.6. The third-order valence-electron chi connectivity index (χ3n) is 3.15. The Morgan fingerprint density at radius 3 is 2.38 bits per heavy atom. The van der Waals surface area contributed by atoms with Crippen LogP contribution >= 0.6 is 0 Å². The van der Waals surface area contributed by atoms with Gasteiger partial charge in [0.05, 0.1) is 19.3 Å². The standard InChI is InChI=1S/C17H18O7/c1-5-22-13-9-11(14(18)21-4)7-6-10(13)8-12-15(19)23-17(2,3)24-16(12)20/h6-9H,5H2,1-4H3. The van der Waals surface area contributed by atoms with Gasteiger partial charge in [0.15, 0.2) is 0 Å². The summed E-state index contributed by atoms with van der Waals surface area (Å²) >= 11 is 0. The highest BCUT2D eigenvalue weighted by Gasteiger charge is 2.39. The Morgan fingerprint density at radius 1 is 1.21 bits per heavy atom. The van der Waals surface area contributed by atoms with E-state index in [-0.39, 0.29) is 11.1 Å². The third kappa shape index (κ3) is 3.73. The summed E-state index contributed by atoms with van der Waals surface area (Å²) < 4.78 is 20.2. The van der Waals surface area contributed by atoms with Crippen LogP contribution < -0.4 is 4.74 Å². The Bertz CT molecular complexity index is 694. The van der Waals surface area contributed by atoms with Crippen molar-refractivity contribution in [1.82, 2.24) is 0 Å². The minimum Gasteiger partial charge on any atom is -0.493 e. The van der Waals surface area contributed by atoms with Gasteiger partial charge in [-0.2, -0.15) is 0 Å². The van der Waals surface area contributed by atoms with E-state index in [1.807, 2.05) is 0 Å². The molecule has 1 aromatic rings. The molecule has 1 aromatic carbocycles. The van der Waals surface area contributed by atoms with Crippen LogP contribution in [-0.2, 0) is 23.8 Å². The quantitative estimate of drug-likeness (QED) is 0.473. The first-order valence-corrected chi connectivity index (χ1v) is 7.31. The van der Waals surface area contributed by atoms with Crippen LogP contribution in [0.25, 0.3) is 6.08 Å². The number of benzene rings is 1. The summed E-state index contributed by atoms with van der Waals surface area (Å²) in [5, 5.41) is 0. The van der Waals surface area contributed by atoms with Crippen molar-refractivity contribution in [3.63, 3.8) is 0 Å². The van der Waals surface area contributed by atoms with Crippen LogP contribution in [0.1, 0.15) is 36.7 Å². The number of rotatable bonds is 4. The second kappa shape index (κ2) is 6.74. The van der Waals surface area contributed by atoms with Crippen molar-refractivity contribution in [3.05, 3.63) is 34.9 Å². The van der Waals surface area contributed by atoms with E-state index in [9.17, 15) is 14.4 Å². The molecule has 7 heteroatoms. The molecule has 0 N–H and O–H groups in total. The molecule has 1 aliphatic heterocycles. The smallest absolute Gasteiger partial charge is 0.348 e. The maximum atomic E-state index is 12.0. The number of methoxy groups -OCH3 is 1. The molecule has 0 radical (unpaired) electrons. The average molecular weight is 334 g/mol. The first kappa shape index (κ1) is 17.5. The highest BCUT2D eigenvalue weighted by atomic mass is 16.7. The predicted octanol–water partition coefficient (Wildman–Crippen LogP) is 2.09. The summed E-state index contributed by atoms with van der Waals surface area (Å²) in [6.07, 6.45) is 1.31. The summed E-state index contributed by atoms with van der Waals surface area (Å²) in [6.45, 7) is 5.04. The number of esters is 3. The van der Waals surface area contributed by atoms with Crippen molar-refractivity contribution < 1.29 is 33.3 Å². The number of carbonyl (C=O) groups excluding carboxylic acids is 3. The molecule has 7 nitrogen and oxygen atoms in total. The first-order valence-electron chi connectivity index (χ1n) is 7.31. The molecule has 0 bridgehead atoms. The number of hydrogen-bond donors (Lipinski definition) is 0. The minimum absolute atomic E-state index is 0.249. The summed E-state index contributed by atoms with van der Waals surface area (Å²) in [5.41, 5.74) is 0.479. The molecular formula is C17H18O7. The molecule has 0 aliphatic carbocycles. The molecule has 24 heavy (non-hydrogen) atoms. The minimum atomic E-state index is -1.30. The number of carbonyl (C=O) groups is 3. The van der Waals surface area contributed by atoms with E-state index in [1.165, 1.54) is 39.2 Å². The van der Waals surface area contributed by atoms with Gasteiger partial charge in [-0.15, -0.1) is 0 Å². The number of cyclic esters (lactones) is 2. The van der Waals surface area contributed by atoms with E-state index >= 15 is 0 Å². The van der Waals surface area contributed by atoms with Gasteiger partial charge in [0, 0.05) is 19.4 Å². The molecule has 0 atom stereocenters. The van der Waals surface area contributed by atoms with Crippen LogP contribution in [0.3, 0.4) is 0 Å². The Kier molecular flexibility index (Phi) is 4.92. The largest absolute Gasteiger partial charge is 0.493 e. The van der Waals surface area contributed by atoms with Gasteiger partial charge < -0.3 is 18.9 Å². The van der Waals surface area contributed by atoms with Gasteiger partial charge in [-0.3, -0.25) is 0 Å². The van der Waals surface area contributed by atoms with E-state index in [0.717, 1.165) is 0 Å². The third-order valence-corrected chi connectivity index (χ3v) is 3.15. The highest BCUT2D eigenvalue weighted by molar-refractivity contribution is 6.19. The van der Waals surface area contributed by atoms with Gasteiger partial charge in [-0.25, -0.2) is 14.4 Å². The van der Waals surface area contributed by atoms with E-state index in [0.29, 0.717) is 17.9 Å². The lowest BCUT2D eigenvalue weighted by Gasteiger charge is -2.29. The highest BCUT2D eigenvalue weighted by Crippen LogP contribution is 2.28. The van der Waals surface area contributed by atoms with Gasteiger partial charge >= 0.3 is 17.9 Å². The lowest BCUT2D eigenvalue weighted by atomic mass is 10.1. The molecule has 1 aliphatic rings. The molecule has 2 rings (SSSR count). The van der Waals surface area contributed by atoms with Gasteiger partial charge in [-0.05, 0) is 25.1 Å². The summed E-state index contributed by atoms with van der Waals surface area (Å²) in [6, 6.07) is 4.53. The van der Waals surface area contributed by atoms with E-state index in [2.05, 4.69) is 4.74 Å². The van der Waals surface area contributed by atoms with Crippen molar-refractivity contribution in [1.29, 1.82) is 0 Å². The number of hydrogen-bond acceptors (Lipinski definition) is 7. The second-order valence-corrected chi connectivity index (χ2v) is 5.41. The zero-order chi connectivity index (χ0) is 17.9. The van der Waals surface area contributed by atoms with E-state index in [1.54, 1.807) is 13.0 Å². The van der Waals surface area contributed by atoms with Crippen molar-refractivity contribution in [3.8, 4) is 5.75 Å². The molecule has 0 unspecified atom stereocenters. The van der Waals surface area contributed by atoms with Crippen molar-refractivity contribution in [2.75, 3.05) is 13.7 Å². The monoisotopic (exact) mass is 334 g/mol. The van der Waals surface area contributed by atoms with Crippen LogP contribution in [0.15, 0.2) is 23.8 Å². The van der Waals surface area contributed by atoms with Crippen LogP contribution in [0.2, 0.25) is 0 Å². The zero-order valence-electron chi connectivity index (χ0n) is 13.9. The molecule has 128 valence electrons. The van der Waals surface area contributed by atoms with Crippen molar-refractivity contribution in [2.45, 2.75) is 26.6 Å². The lowest BCUT2D eigenvalue weighted by molar-refractivity contribution is -0.222. The Morgan fingerprint density at radius 2 is 1.83 bits per heavy atom. The van der Waals surface area contributed by atoms with Gasteiger partial charge in [0.25, 0.3) is 5.79 Å². The molecule has 1 heterocycles. The molecular weight excluding hydrogens is 316 g/mol. The molecule has 1 saturated heterocycles.